The van der Waals surface area contributed by atoms with E-state index in [-0.39, 0.29) is 11.3 Å². The summed E-state index contributed by atoms with van der Waals surface area (Å²) in [6, 6.07) is 4.67. The molecule has 2 unspecified atom stereocenters. The fourth-order valence-corrected chi connectivity index (χ4v) is 2.29. The average molecular weight is 176 g/mol. The van der Waals surface area contributed by atoms with Gasteiger partial charge in [0.15, 0.2) is 0 Å². The molecule has 0 saturated heterocycles. The van der Waals surface area contributed by atoms with Gasteiger partial charge in [0.1, 0.15) is 0 Å². The van der Waals surface area contributed by atoms with Gasteiger partial charge < -0.3 is 0 Å². The topological polar surface area (TPSA) is 47.6 Å². The highest BCUT2D eigenvalue weighted by Gasteiger charge is 2.33. The average Bonchev–Trinajstić information content (AvgIpc) is 2.25. The molecule has 2 heteroatoms. The number of nitrogens with zero attached hydrogens (tertiary/aromatic N) is 2. The summed E-state index contributed by atoms with van der Waals surface area (Å²) in [5, 5.41) is 17.9. The fourth-order valence-electron chi connectivity index (χ4n) is 2.29. The molecule has 0 amide bonds. The predicted octanol–water partition coefficient (Wildman–Crippen LogP) is 2.87. The minimum Gasteiger partial charge on any atom is -0.198 e. The molecule has 1 aliphatic rings. The third-order valence-electron chi connectivity index (χ3n) is 2.96. The largest absolute Gasteiger partial charge is 0.198 e. The van der Waals surface area contributed by atoms with Crippen LogP contribution in [0.15, 0.2) is 0 Å². The smallest absolute Gasteiger partial charge is 0.0687 e. The first-order valence-electron chi connectivity index (χ1n) is 4.90. The molecule has 0 N–H and O–H groups in total. The van der Waals surface area contributed by atoms with Crippen LogP contribution in [0, 0.1) is 39.9 Å². The van der Waals surface area contributed by atoms with E-state index in [4.69, 9.17) is 10.5 Å². The van der Waals surface area contributed by atoms with Crippen molar-refractivity contribution in [2.24, 2.45) is 17.3 Å². The van der Waals surface area contributed by atoms with Gasteiger partial charge in [-0.1, -0.05) is 6.92 Å². The van der Waals surface area contributed by atoms with Crippen molar-refractivity contribution in [3.8, 4) is 12.1 Å². The predicted molar refractivity (Wildman–Crippen MR) is 50.5 cm³/mol. The monoisotopic (exact) mass is 176 g/mol. The number of hydrogen-bond acceptors (Lipinski definition) is 2. The van der Waals surface area contributed by atoms with Gasteiger partial charge in [-0.3, -0.25) is 0 Å². The molecular weight excluding hydrogens is 160 g/mol. The van der Waals surface area contributed by atoms with Crippen molar-refractivity contribution in [1.29, 1.82) is 10.5 Å². The first-order valence-corrected chi connectivity index (χ1v) is 4.90. The maximum atomic E-state index is 9.05. The Kier molecular flexibility index (Phi) is 2.94. The van der Waals surface area contributed by atoms with E-state index in [1.807, 2.05) is 6.92 Å². The van der Waals surface area contributed by atoms with E-state index < -0.39 is 0 Å². The lowest BCUT2D eigenvalue weighted by atomic mass is 9.79. The summed E-state index contributed by atoms with van der Waals surface area (Å²) in [6.45, 7) is 4.16. The summed E-state index contributed by atoms with van der Waals surface area (Å²) < 4.78 is 0. The minimum atomic E-state index is -0.268. The molecule has 1 fully saturated rings. The van der Waals surface area contributed by atoms with E-state index in [1.165, 1.54) is 0 Å². The molecule has 3 atom stereocenters. The lowest BCUT2D eigenvalue weighted by Gasteiger charge is -2.22. The first-order chi connectivity index (χ1) is 6.09. The molecule has 0 aromatic rings. The first kappa shape index (κ1) is 10.1. The Morgan fingerprint density at radius 3 is 2.46 bits per heavy atom. The summed E-state index contributed by atoms with van der Waals surface area (Å²) in [7, 11) is 0. The fraction of sp³-hybridized carbons (Fsp3) is 0.818. The number of rotatable bonds is 0. The molecule has 0 bridgehead atoms. The van der Waals surface area contributed by atoms with E-state index in [0.29, 0.717) is 5.92 Å². The molecule has 1 saturated carbocycles. The molecule has 70 valence electrons. The molecule has 1 aliphatic carbocycles. The maximum absolute atomic E-state index is 9.05. The van der Waals surface area contributed by atoms with E-state index in [2.05, 4.69) is 19.1 Å². The van der Waals surface area contributed by atoms with Crippen LogP contribution >= 0.6 is 0 Å². The van der Waals surface area contributed by atoms with E-state index in [0.717, 1.165) is 25.7 Å². The van der Waals surface area contributed by atoms with Crippen molar-refractivity contribution in [1.82, 2.24) is 0 Å². The Morgan fingerprint density at radius 2 is 1.92 bits per heavy atom. The van der Waals surface area contributed by atoms with Crippen LogP contribution in [-0.4, -0.2) is 0 Å². The number of nitriles is 2. The highest BCUT2D eigenvalue weighted by Crippen LogP contribution is 2.39. The molecule has 0 aliphatic heterocycles. The lowest BCUT2D eigenvalue weighted by Crippen LogP contribution is -2.17. The zero-order valence-corrected chi connectivity index (χ0v) is 8.38. The molecule has 2 nitrogen and oxygen atoms in total. The van der Waals surface area contributed by atoms with Crippen LogP contribution in [0.3, 0.4) is 0 Å². The summed E-state index contributed by atoms with van der Waals surface area (Å²) in [6.07, 6.45) is 3.76. The Morgan fingerprint density at radius 1 is 1.23 bits per heavy atom. The molecular formula is C11H16N2. The Balaban J connectivity index is 2.77. The van der Waals surface area contributed by atoms with Gasteiger partial charge in [-0.15, -0.1) is 0 Å². The number of hydrogen-bond donors (Lipinski definition) is 0. The van der Waals surface area contributed by atoms with Gasteiger partial charge in [0.2, 0.25) is 0 Å². The Labute approximate surface area is 80.2 Å². The Bertz CT molecular complexity index is 258. The summed E-state index contributed by atoms with van der Waals surface area (Å²) in [5.74, 6) is 0.678. The van der Waals surface area contributed by atoms with Gasteiger partial charge in [-0.2, -0.15) is 10.5 Å². The zero-order chi connectivity index (χ0) is 9.90. The molecule has 0 radical (unpaired) electrons. The van der Waals surface area contributed by atoms with Gasteiger partial charge in [-0.05, 0) is 38.5 Å². The van der Waals surface area contributed by atoms with Crippen molar-refractivity contribution in [3.05, 3.63) is 0 Å². The van der Waals surface area contributed by atoms with Gasteiger partial charge in [-0.25, -0.2) is 0 Å². The molecule has 0 spiro atoms. The maximum Gasteiger partial charge on any atom is 0.0687 e. The van der Waals surface area contributed by atoms with E-state index in [1.54, 1.807) is 0 Å². The molecule has 0 aromatic carbocycles. The van der Waals surface area contributed by atoms with Crippen molar-refractivity contribution in [2.75, 3.05) is 0 Å². The van der Waals surface area contributed by atoms with Crippen LogP contribution in [-0.2, 0) is 0 Å². The van der Waals surface area contributed by atoms with Gasteiger partial charge in [0.05, 0.1) is 17.6 Å². The highest BCUT2D eigenvalue weighted by molar-refractivity contribution is 5.02. The van der Waals surface area contributed by atoms with Crippen molar-refractivity contribution < 1.29 is 0 Å². The molecule has 13 heavy (non-hydrogen) atoms. The van der Waals surface area contributed by atoms with Crippen LogP contribution in [0.2, 0.25) is 0 Å². The van der Waals surface area contributed by atoms with Gasteiger partial charge in [0.25, 0.3) is 0 Å². The minimum absolute atomic E-state index is 0.0922. The van der Waals surface area contributed by atoms with Gasteiger partial charge >= 0.3 is 0 Å². The summed E-state index contributed by atoms with van der Waals surface area (Å²) in [4.78, 5) is 0. The standard InChI is InChI=1S/C11H16N2/c1-9-3-4-10(7-12)6-11(2,5-9)8-13/h9-10H,3-6H2,1-2H3/t9?,10?,11-/m1/s1. The second kappa shape index (κ2) is 3.79. The Hall–Kier alpha value is -1.02. The summed E-state index contributed by atoms with van der Waals surface area (Å²) >= 11 is 0. The van der Waals surface area contributed by atoms with E-state index in [9.17, 15) is 0 Å². The zero-order valence-electron chi connectivity index (χ0n) is 8.38. The van der Waals surface area contributed by atoms with Crippen LogP contribution in [0.5, 0.6) is 0 Å². The molecule has 1 rings (SSSR count). The lowest BCUT2D eigenvalue weighted by molar-refractivity contribution is 0.320. The molecule has 0 aromatic heterocycles. The van der Waals surface area contributed by atoms with Crippen molar-refractivity contribution >= 4 is 0 Å². The molecule has 0 heterocycles. The van der Waals surface area contributed by atoms with Crippen LogP contribution in [0.4, 0.5) is 0 Å². The van der Waals surface area contributed by atoms with Crippen molar-refractivity contribution in [2.45, 2.75) is 39.5 Å². The summed E-state index contributed by atoms with van der Waals surface area (Å²) in [5.41, 5.74) is -0.268. The third-order valence-corrected chi connectivity index (χ3v) is 2.96. The van der Waals surface area contributed by atoms with Crippen molar-refractivity contribution in [3.63, 3.8) is 0 Å². The van der Waals surface area contributed by atoms with Crippen LogP contribution < -0.4 is 0 Å². The second-order valence-electron chi connectivity index (χ2n) is 4.59. The van der Waals surface area contributed by atoms with E-state index >= 15 is 0 Å². The third kappa shape index (κ3) is 2.46. The van der Waals surface area contributed by atoms with Gasteiger partial charge in [0, 0.05) is 5.92 Å². The quantitative estimate of drug-likeness (QED) is 0.533. The van der Waals surface area contributed by atoms with Crippen LogP contribution in [0.1, 0.15) is 39.5 Å². The SMILES string of the molecule is CC1CCC(C#N)C[C@](C)(C#N)C1. The van der Waals surface area contributed by atoms with Crippen LogP contribution in [0.25, 0.3) is 0 Å². The normalized spacial score (nSPS) is 40.0. The highest BCUT2D eigenvalue weighted by atomic mass is 14.4. The second-order valence-corrected chi connectivity index (χ2v) is 4.59.